The summed E-state index contributed by atoms with van der Waals surface area (Å²) in [5.41, 5.74) is 2.26. The standard InChI is InChI=1S/C23H28N2O4/c1-3-4-18-5-8-20(9-6-18)28-15-16-29-22-17-21(27-2)10-7-19(22)12-14-25-23(26)11-13-24/h5-10,17H,3-4,11-12,14-16H2,1-2H3,(H,25,26). The number of ether oxygens (including phenoxy) is 3. The van der Waals surface area contributed by atoms with Gasteiger partial charge in [-0.05, 0) is 42.2 Å². The average molecular weight is 396 g/mol. The SMILES string of the molecule is CCCc1ccc(OCCOc2cc(OC)ccc2CCNC(=O)CC#N)cc1. The lowest BCUT2D eigenvalue weighted by atomic mass is 10.1. The number of hydrogen-bond acceptors (Lipinski definition) is 5. The number of nitriles is 1. The molecule has 0 radical (unpaired) electrons. The van der Waals surface area contributed by atoms with Gasteiger partial charge in [-0.25, -0.2) is 0 Å². The molecular weight excluding hydrogens is 368 g/mol. The van der Waals surface area contributed by atoms with E-state index in [1.54, 1.807) is 7.11 Å². The van der Waals surface area contributed by atoms with Crippen LogP contribution in [-0.2, 0) is 17.6 Å². The Hall–Kier alpha value is -3.20. The predicted octanol–water partition coefficient (Wildman–Crippen LogP) is 3.68. The molecule has 0 saturated heterocycles. The van der Waals surface area contributed by atoms with Gasteiger partial charge in [0, 0.05) is 12.6 Å². The van der Waals surface area contributed by atoms with E-state index < -0.39 is 0 Å². The molecule has 6 nitrogen and oxygen atoms in total. The van der Waals surface area contributed by atoms with Crippen molar-refractivity contribution in [3.63, 3.8) is 0 Å². The summed E-state index contributed by atoms with van der Waals surface area (Å²) < 4.78 is 16.9. The van der Waals surface area contributed by atoms with Crippen LogP contribution in [0, 0.1) is 11.3 Å². The molecule has 0 atom stereocenters. The van der Waals surface area contributed by atoms with E-state index in [1.807, 2.05) is 36.4 Å². The van der Waals surface area contributed by atoms with Crippen molar-refractivity contribution in [2.24, 2.45) is 0 Å². The molecule has 0 aliphatic heterocycles. The Morgan fingerprint density at radius 1 is 1.03 bits per heavy atom. The Labute approximate surface area is 172 Å². The van der Waals surface area contributed by atoms with Gasteiger partial charge in [-0.2, -0.15) is 5.26 Å². The third-order valence-electron chi connectivity index (χ3n) is 4.30. The molecule has 0 aromatic heterocycles. The van der Waals surface area contributed by atoms with Crippen molar-refractivity contribution >= 4 is 5.91 Å². The number of carbonyl (C=O) groups excluding carboxylic acids is 1. The van der Waals surface area contributed by atoms with Gasteiger partial charge in [0.15, 0.2) is 0 Å². The highest BCUT2D eigenvalue weighted by Crippen LogP contribution is 2.25. The summed E-state index contributed by atoms with van der Waals surface area (Å²) in [4.78, 5) is 11.4. The third kappa shape index (κ3) is 7.74. The van der Waals surface area contributed by atoms with Crippen molar-refractivity contribution in [2.45, 2.75) is 32.6 Å². The molecule has 2 rings (SSSR count). The van der Waals surface area contributed by atoms with E-state index in [1.165, 1.54) is 5.56 Å². The van der Waals surface area contributed by atoms with E-state index in [9.17, 15) is 4.79 Å². The van der Waals surface area contributed by atoms with E-state index in [2.05, 4.69) is 24.4 Å². The van der Waals surface area contributed by atoms with E-state index >= 15 is 0 Å². The van der Waals surface area contributed by atoms with Crippen molar-refractivity contribution in [3.05, 3.63) is 53.6 Å². The number of benzene rings is 2. The molecular formula is C23H28N2O4. The Balaban J connectivity index is 1.85. The number of methoxy groups -OCH3 is 1. The average Bonchev–Trinajstić information content (AvgIpc) is 2.73. The zero-order valence-corrected chi connectivity index (χ0v) is 17.1. The first kappa shape index (κ1) is 22.1. The van der Waals surface area contributed by atoms with Crippen LogP contribution in [0.1, 0.15) is 30.9 Å². The quantitative estimate of drug-likeness (QED) is 0.554. The van der Waals surface area contributed by atoms with Crippen LogP contribution in [0.15, 0.2) is 42.5 Å². The van der Waals surface area contributed by atoms with Crippen molar-refractivity contribution in [1.29, 1.82) is 5.26 Å². The van der Waals surface area contributed by atoms with Crippen molar-refractivity contribution in [3.8, 4) is 23.3 Å². The molecule has 6 heteroatoms. The van der Waals surface area contributed by atoms with Crippen molar-refractivity contribution in [1.82, 2.24) is 5.32 Å². The van der Waals surface area contributed by atoms with Gasteiger partial charge in [-0.3, -0.25) is 4.79 Å². The third-order valence-corrected chi connectivity index (χ3v) is 4.30. The van der Waals surface area contributed by atoms with Gasteiger partial charge in [-0.15, -0.1) is 0 Å². The van der Waals surface area contributed by atoms with E-state index in [-0.39, 0.29) is 12.3 Å². The zero-order valence-electron chi connectivity index (χ0n) is 17.1. The molecule has 0 saturated carbocycles. The number of carbonyl (C=O) groups is 1. The molecule has 1 N–H and O–H groups in total. The first-order valence-corrected chi connectivity index (χ1v) is 9.81. The molecule has 2 aromatic carbocycles. The maximum absolute atomic E-state index is 11.4. The van der Waals surface area contributed by atoms with Gasteiger partial charge in [0.25, 0.3) is 0 Å². The van der Waals surface area contributed by atoms with Crippen LogP contribution < -0.4 is 19.5 Å². The number of hydrogen-bond donors (Lipinski definition) is 1. The van der Waals surface area contributed by atoms with Gasteiger partial charge in [-0.1, -0.05) is 31.5 Å². The fourth-order valence-corrected chi connectivity index (χ4v) is 2.83. The minimum atomic E-state index is -0.276. The highest BCUT2D eigenvalue weighted by Gasteiger charge is 2.08. The van der Waals surface area contributed by atoms with Gasteiger partial charge >= 0.3 is 0 Å². The lowest BCUT2D eigenvalue weighted by Crippen LogP contribution is -2.25. The lowest BCUT2D eigenvalue weighted by Gasteiger charge is -2.14. The van der Waals surface area contributed by atoms with Gasteiger partial charge in [0.1, 0.15) is 36.9 Å². The maximum atomic E-state index is 11.4. The lowest BCUT2D eigenvalue weighted by molar-refractivity contribution is -0.120. The molecule has 0 aliphatic carbocycles. The fraction of sp³-hybridized carbons (Fsp3) is 0.391. The topological polar surface area (TPSA) is 80.6 Å². The summed E-state index contributed by atoms with van der Waals surface area (Å²) in [6.45, 7) is 3.40. The second-order valence-corrected chi connectivity index (χ2v) is 6.50. The molecule has 0 spiro atoms. The minimum absolute atomic E-state index is 0.136. The first-order chi connectivity index (χ1) is 14.2. The molecule has 0 unspecified atom stereocenters. The number of amides is 1. The summed E-state index contributed by atoms with van der Waals surface area (Å²) in [5, 5.41) is 11.3. The number of aryl methyl sites for hydroxylation is 1. The molecule has 1 amide bonds. The summed E-state index contributed by atoms with van der Waals surface area (Å²) in [6.07, 6.45) is 2.65. The number of nitrogens with one attached hydrogen (secondary N) is 1. The molecule has 0 fully saturated rings. The number of nitrogens with zero attached hydrogens (tertiary/aromatic N) is 1. The van der Waals surface area contributed by atoms with E-state index in [4.69, 9.17) is 19.5 Å². The van der Waals surface area contributed by atoms with Crippen LogP contribution in [0.4, 0.5) is 0 Å². The maximum Gasteiger partial charge on any atom is 0.234 e. The van der Waals surface area contributed by atoms with Crippen LogP contribution in [0.3, 0.4) is 0 Å². The van der Waals surface area contributed by atoms with Crippen LogP contribution in [0.5, 0.6) is 17.2 Å². The predicted molar refractivity (Wildman–Crippen MR) is 111 cm³/mol. The fourth-order valence-electron chi connectivity index (χ4n) is 2.83. The summed E-state index contributed by atoms with van der Waals surface area (Å²) in [6, 6.07) is 15.6. The summed E-state index contributed by atoms with van der Waals surface area (Å²) in [5.74, 6) is 1.94. The van der Waals surface area contributed by atoms with Crippen molar-refractivity contribution < 1.29 is 19.0 Å². The molecule has 154 valence electrons. The number of rotatable bonds is 12. The Morgan fingerprint density at radius 3 is 2.45 bits per heavy atom. The van der Waals surface area contributed by atoms with Crippen LogP contribution in [0.25, 0.3) is 0 Å². The first-order valence-electron chi connectivity index (χ1n) is 9.81. The van der Waals surface area contributed by atoms with Crippen molar-refractivity contribution in [2.75, 3.05) is 26.9 Å². The second-order valence-electron chi connectivity index (χ2n) is 6.50. The summed E-state index contributed by atoms with van der Waals surface area (Å²) in [7, 11) is 1.60. The Bertz CT molecular complexity index is 813. The monoisotopic (exact) mass is 396 g/mol. The molecule has 0 bridgehead atoms. The van der Waals surface area contributed by atoms with E-state index in [0.717, 1.165) is 24.2 Å². The van der Waals surface area contributed by atoms with Gasteiger partial charge < -0.3 is 19.5 Å². The van der Waals surface area contributed by atoms with Gasteiger partial charge in [0.05, 0.1) is 13.2 Å². The molecule has 29 heavy (non-hydrogen) atoms. The molecule has 0 aliphatic rings. The van der Waals surface area contributed by atoms with Crippen LogP contribution >= 0.6 is 0 Å². The van der Waals surface area contributed by atoms with Crippen LogP contribution in [0.2, 0.25) is 0 Å². The molecule has 2 aromatic rings. The highest BCUT2D eigenvalue weighted by atomic mass is 16.5. The van der Waals surface area contributed by atoms with Crippen LogP contribution in [-0.4, -0.2) is 32.8 Å². The zero-order chi connectivity index (χ0) is 20.9. The smallest absolute Gasteiger partial charge is 0.234 e. The Kier molecular flexibility index (Phi) is 9.37. The largest absolute Gasteiger partial charge is 0.497 e. The van der Waals surface area contributed by atoms with Gasteiger partial charge in [0.2, 0.25) is 5.91 Å². The minimum Gasteiger partial charge on any atom is -0.497 e. The summed E-state index contributed by atoms with van der Waals surface area (Å²) >= 11 is 0. The highest BCUT2D eigenvalue weighted by molar-refractivity contribution is 5.77. The normalized spacial score (nSPS) is 10.1. The Morgan fingerprint density at radius 2 is 1.76 bits per heavy atom. The second kappa shape index (κ2) is 12.3. The van der Waals surface area contributed by atoms with E-state index in [0.29, 0.717) is 37.7 Å². The molecule has 0 heterocycles.